The Kier molecular flexibility index (Phi) is 3.90. The molecule has 3 N–H and O–H groups in total. The smallest absolute Gasteiger partial charge is 0.303 e. The van der Waals surface area contributed by atoms with Crippen LogP contribution < -0.4 is 5.56 Å². The summed E-state index contributed by atoms with van der Waals surface area (Å²) in [7, 11) is 0. The topological polar surface area (TPSA) is 120 Å². The number of hydrogen-bond acceptors (Lipinski definition) is 5. The van der Waals surface area contributed by atoms with Crippen LogP contribution in [0.5, 0.6) is 0 Å². The molecule has 0 atom stereocenters. The number of carbonyl (C=O) groups is 2. The molecular formula is C13H12N2O5. The zero-order chi connectivity index (χ0) is 14.7. The van der Waals surface area contributed by atoms with Crippen LogP contribution in [0.3, 0.4) is 0 Å². The first-order valence-electron chi connectivity index (χ1n) is 5.89. The van der Waals surface area contributed by atoms with Crippen LogP contribution in [-0.4, -0.2) is 31.9 Å². The van der Waals surface area contributed by atoms with E-state index in [4.69, 9.17) is 5.11 Å². The molecule has 0 bridgehead atoms. The largest absolute Gasteiger partial charge is 0.481 e. The van der Waals surface area contributed by atoms with Gasteiger partial charge < -0.3 is 15.2 Å². The van der Waals surface area contributed by atoms with E-state index in [1.54, 1.807) is 6.07 Å². The Labute approximate surface area is 112 Å². The fraction of sp³-hybridized carbons (Fsp3) is 0.231. The molecule has 2 rings (SSSR count). The summed E-state index contributed by atoms with van der Waals surface area (Å²) in [6.07, 6.45) is 2.24. The SMILES string of the molecule is O=C(O)CCC(=O)c1c(CO)c2ccncc2[nH]c1=O. The molecule has 2 heterocycles. The number of nitrogens with one attached hydrogen (secondary N) is 1. The molecule has 7 heteroatoms. The Balaban J connectivity index is 2.57. The number of aliphatic hydroxyl groups excluding tert-OH is 1. The van der Waals surface area contributed by atoms with Crippen molar-refractivity contribution in [3.63, 3.8) is 0 Å². The molecule has 0 spiro atoms. The summed E-state index contributed by atoms with van der Waals surface area (Å²) in [5, 5.41) is 18.5. The van der Waals surface area contributed by atoms with Gasteiger partial charge >= 0.3 is 5.97 Å². The number of aliphatic carboxylic acids is 1. The Hall–Kier alpha value is -2.54. The fourth-order valence-electron chi connectivity index (χ4n) is 2.02. The molecule has 20 heavy (non-hydrogen) atoms. The molecule has 0 amide bonds. The summed E-state index contributed by atoms with van der Waals surface area (Å²) in [4.78, 5) is 40.8. The van der Waals surface area contributed by atoms with Gasteiger partial charge in [0.1, 0.15) is 0 Å². The lowest BCUT2D eigenvalue weighted by Crippen LogP contribution is -2.22. The highest BCUT2D eigenvalue weighted by atomic mass is 16.4. The van der Waals surface area contributed by atoms with Gasteiger partial charge in [-0.05, 0) is 6.07 Å². The number of pyridine rings is 2. The number of aromatic nitrogens is 2. The van der Waals surface area contributed by atoms with Crippen LogP contribution in [0.25, 0.3) is 10.9 Å². The minimum absolute atomic E-state index is 0.188. The van der Waals surface area contributed by atoms with Gasteiger partial charge in [0.2, 0.25) is 0 Å². The lowest BCUT2D eigenvalue weighted by atomic mass is 9.99. The van der Waals surface area contributed by atoms with Crippen molar-refractivity contribution in [1.29, 1.82) is 0 Å². The molecule has 0 aromatic carbocycles. The average molecular weight is 276 g/mol. The van der Waals surface area contributed by atoms with E-state index in [0.717, 1.165) is 0 Å². The minimum atomic E-state index is -1.12. The predicted molar refractivity (Wildman–Crippen MR) is 69.5 cm³/mol. The molecular weight excluding hydrogens is 264 g/mol. The number of aliphatic hydroxyl groups is 1. The normalized spacial score (nSPS) is 10.7. The Morgan fingerprint density at radius 1 is 1.30 bits per heavy atom. The number of ketones is 1. The number of carboxylic acid groups (broad SMARTS) is 1. The molecule has 0 aliphatic carbocycles. The summed E-state index contributed by atoms with van der Waals surface area (Å²) in [5.74, 6) is -1.72. The first kappa shape index (κ1) is 13.9. The molecule has 0 radical (unpaired) electrons. The van der Waals surface area contributed by atoms with Gasteiger partial charge in [-0.1, -0.05) is 0 Å². The third-order valence-corrected chi connectivity index (χ3v) is 2.93. The van der Waals surface area contributed by atoms with Crippen molar-refractivity contribution in [3.05, 3.63) is 39.9 Å². The molecule has 104 valence electrons. The van der Waals surface area contributed by atoms with Gasteiger partial charge in [-0.15, -0.1) is 0 Å². The van der Waals surface area contributed by atoms with E-state index >= 15 is 0 Å². The number of fused-ring (bicyclic) bond motifs is 1. The number of carbonyl (C=O) groups excluding carboxylic acids is 1. The second-order valence-electron chi connectivity index (χ2n) is 4.20. The Bertz CT molecular complexity index is 735. The minimum Gasteiger partial charge on any atom is -0.481 e. The van der Waals surface area contributed by atoms with Gasteiger partial charge in [0.25, 0.3) is 5.56 Å². The van der Waals surface area contributed by atoms with Crippen LogP contribution in [0.1, 0.15) is 28.8 Å². The predicted octanol–water partition coefficient (Wildman–Crippen LogP) is 0.463. The summed E-state index contributed by atoms with van der Waals surface area (Å²) in [6.45, 7) is -0.488. The maximum absolute atomic E-state index is 12.0. The van der Waals surface area contributed by atoms with Gasteiger partial charge in [-0.25, -0.2) is 0 Å². The number of rotatable bonds is 5. The van der Waals surface area contributed by atoms with Crippen molar-refractivity contribution in [2.75, 3.05) is 0 Å². The molecule has 0 aliphatic rings. The number of carboxylic acids is 1. The molecule has 0 saturated carbocycles. The van der Waals surface area contributed by atoms with E-state index in [0.29, 0.717) is 10.9 Å². The maximum Gasteiger partial charge on any atom is 0.303 e. The van der Waals surface area contributed by atoms with Crippen molar-refractivity contribution in [3.8, 4) is 0 Å². The van der Waals surface area contributed by atoms with Crippen LogP contribution in [0.15, 0.2) is 23.3 Å². The van der Waals surface area contributed by atoms with Gasteiger partial charge in [0.05, 0.1) is 30.3 Å². The van der Waals surface area contributed by atoms with Gasteiger partial charge in [-0.3, -0.25) is 19.4 Å². The molecule has 0 aliphatic heterocycles. The second kappa shape index (κ2) is 5.62. The third-order valence-electron chi connectivity index (χ3n) is 2.93. The van der Waals surface area contributed by atoms with E-state index in [9.17, 15) is 19.5 Å². The number of hydrogen-bond donors (Lipinski definition) is 3. The average Bonchev–Trinajstić information content (AvgIpc) is 2.43. The summed E-state index contributed by atoms with van der Waals surface area (Å²) in [5.41, 5.74) is -0.227. The third kappa shape index (κ3) is 2.57. The zero-order valence-electron chi connectivity index (χ0n) is 10.4. The number of aromatic amines is 1. The van der Waals surface area contributed by atoms with Crippen LogP contribution in [-0.2, 0) is 11.4 Å². The van der Waals surface area contributed by atoms with E-state index in [1.165, 1.54) is 12.4 Å². The molecule has 2 aromatic heterocycles. The van der Waals surface area contributed by atoms with Gasteiger partial charge in [0.15, 0.2) is 5.78 Å². The van der Waals surface area contributed by atoms with Crippen molar-refractivity contribution in [2.45, 2.75) is 19.4 Å². The van der Waals surface area contributed by atoms with Crippen LogP contribution in [0, 0.1) is 0 Å². The van der Waals surface area contributed by atoms with Gasteiger partial charge in [0, 0.05) is 23.6 Å². The maximum atomic E-state index is 12.0. The van der Waals surface area contributed by atoms with Crippen LogP contribution >= 0.6 is 0 Å². The van der Waals surface area contributed by atoms with Gasteiger partial charge in [-0.2, -0.15) is 0 Å². The molecule has 0 unspecified atom stereocenters. The monoisotopic (exact) mass is 276 g/mol. The number of H-pyrrole nitrogens is 1. The first-order chi connectivity index (χ1) is 9.54. The van der Waals surface area contributed by atoms with Crippen molar-refractivity contribution >= 4 is 22.7 Å². The fourth-order valence-corrected chi connectivity index (χ4v) is 2.02. The Morgan fingerprint density at radius 3 is 2.70 bits per heavy atom. The number of nitrogens with zero attached hydrogens (tertiary/aromatic N) is 1. The molecule has 7 nitrogen and oxygen atoms in total. The van der Waals surface area contributed by atoms with Crippen molar-refractivity contribution in [2.24, 2.45) is 0 Å². The van der Waals surface area contributed by atoms with E-state index in [1.807, 2.05) is 0 Å². The first-order valence-corrected chi connectivity index (χ1v) is 5.89. The zero-order valence-corrected chi connectivity index (χ0v) is 10.4. The van der Waals surface area contributed by atoms with Crippen LogP contribution in [0.4, 0.5) is 0 Å². The summed E-state index contributed by atoms with van der Waals surface area (Å²) >= 11 is 0. The molecule has 2 aromatic rings. The second-order valence-corrected chi connectivity index (χ2v) is 4.20. The highest BCUT2D eigenvalue weighted by Gasteiger charge is 2.19. The van der Waals surface area contributed by atoms with E-state index in [2.05, 4.69) is 9.97 Å². The summed E-state index contributed by atoms with van der Waals surface area (Å²) < 4.78 is 0. The highest BCUT2D eigenvalue weighted by Crippen LogP contribution is 2.18. The quantitative estimate of drug-likeness (QED) is 0.682. The lowest BCUT2D eigenvalue weighted by molar-refractivity contribution is -0.136. The lowest BCUT2D eigenvalue weighted by Gasteiger charge is -2.08. The van der Waals surface area contributed by atoms with E-state index in [-0.39, 0.29) is 24.0 Å². The van der Waals surface area contributed by atoms with Crippen molar-refractivity contribution < 1.29 is 19.8 Å². The van der Waals surface area contributed by atoms with Crippen LogP contribution in [0.2, 0.25) is 0 Å². The van der Waals surface area contributed by atoms with E-state index < -0.39 is 23.9 Å². The standard InChI is InChI=1S/C13H12N2O5/c16-6-8-7-3-4-14-5-9(7)15-13(20)12(8)10(17)1-2-11(18)19/h3-5,16H,1-2,6H2,(H,15,20)(H,18,19). The summed E-state index contributed by atoms with van der Waals surface area (Å²) in [6, 6.07) is 1.57. The van der Waals surface area contributed by atoms with Crippen molar-refractivity contribution in [1.82, 2.24) is 9.97 Å². The Morgan fingerprint density at radius 2 is 2.05 bits per heavy atom. The molecule has 0 fully saturated rings. The highest BCUT2D eigenvalue weighted by molar-refractivity contribution is 6.02. The molecule has 0 saturated heterocycles. The number of Topliss-reactive ketones (excluding diaryl/α,β-unsaturated/α-hetero) is 1.